The minimum atomic E-state index is 0.472. The summed E-state index contributed by atoms with van der Waals surface area (Å²) in [6.45, 7) is 2.04. The van der Waals surface area contributed by atoms with Gasteiger partial charge in [0.1, 0.15) is 5.15 Å². The molecule has 3 heterocycles. The monoisotopic (exact) mass is 255 g/mol. The fraction of sp³-hybridized carbons (Fsp3) is 0.0714. The Hall–Kier alpha value is -2.00. The lowest BCUT2D eigenvalue weighted by atomic mass is 10.0. The van der Waals surface area contributed by atoms with E-state index >= 15 is 0 Å². The van der Waals surface area contributed by atoms with E-state index in [2.05, 4.69) is 15.0 Å². The van der Waals surface area contributed by atoms with Crippen LogP contribution in [0.2, 0.25) is 5.15 Å². The predicted octanol–water partition coefficient (Wildman–Crippen LogP) is 3.65. The van der Waals surface area contributed by atoms with Gasteiger partial charge in [-0.3, -0.25) is 9.97 Å². The number of hydrogen-bond donors (Lipinski definition) is 0. The van der Waals surface area contributed by atoms with Crippen LogP contribution in [0.25, 0.3) is 22.0 Å². The maximum Gasteiger partial charge on any atom is 0.129 e. The fourth-order valence-corrected chi connectivity index (χ4v) is 2.20. The van der Waals surface area contributed by atoms with Gasteiger partial charge >= 0.3 is 0 Å². The molecule has 0 unspecified atom stereocenters. The highest BCUT2D eigenvalue weighted by atomic mass is 35.5. The molecule has 0 aromatic carbocycles. The molecular weight excluding hydrogens is 246 g/mol. The van der Waals surface area contributed by atoms with Gasteiger partial charge in [-0.2, -0.15) is 0 Å². The van der Waals surface area contributed by atoms with Crippen LogP contribution < -0.4 is 0 Å². The van der Waals surface area contributed by atoms with E-state index in [9.17, 15) is 0 Å². The molecule has 3 rings (SSSR count). The molecule has 0 aliphatic carbocycles. The first-order valence-electron chi connectivity index (χ1n) is 5.57. The van der Waals surface area contributed by atoms with Crippen molar-refractivity contribution in [1.29, 1.82) is 0 Å². The largest absolute Gasteiger partial charge is 0.264 e. The second-order valence-electron chi connectivity index (χ2n) is 4.06. The third-order valence-corrected chi connectivity index (χ3v) is 3.15. The van der Waals surface area contributed by atoms with Crippen molar-refractivity contribution in [3.8, 4) is 11.3 Å². The standard InChI is InChI=1S/C14H10ClN3/c1-9-12-8-16-4-2-11(12)7-18-14(9)10-3-5-17-13(15)6-10/h2-8H,1H3. The van der Waals surface area contributed by atoms with Gasteiger partial charge in [-0.15, -0.1) is 0 Å². The predicted molar refractivity (Wildman–Crippen MR) is 72.5 cm³/mol. The summed E-state index contributed by atoms with van der Waals surface area (Å²) in [7, 11) is 0. The number of hydrogen-bond acceptors (Lipinski definition) is 3. The van der Waals surface area contributed by atoms with E-state index in [4.69, 9.17) is 11.6 Å². The lowest BCUT2D eigenvalue weighted by Gasteiger charge is -2.08. The average Bonchev–Trinajstić information content (AvgIpc) is 2.39. The number of aromatic nitrogens is 3. The Bertz CT molecular complexity index is 725. The molecule has 0 radical (unpaired) electrons. The number of nitrogens with zero attached hydrogens (tertiary/aromatic N) is 3. The first-order valence-corrected chi connectivity index (χ1v) is 5.95. The summed E-state index contributed by atoms with van der Waals surface area (Å²) in [5.74, 6) is 0. The summed E-state index contributed by atoms with van der Waals surface area (Å²) in [5.41, 5.74) is 2.99. The molecule has 0 N–H and O–H groups in total. The molecule has 0 fully saturated rings. The maximum atomic E-state index is 5.91. The van der Waals surface area contributed by atoms with Crippen LogP contribution in [-0.2, 0) is 0 Å². The lowest BCUT2D eigenvalue weighted by Crippen LogP contribution is -1.91. The molecular formula is C14H10ClN3. The Morgan fingerprint density at radius 1 is 1.06 bits per heavy atom. The number of fused-ring (bicyclic) bond motifs is 1. The minimum absolute atomic E-state index is 0.472. The van der Waals surface area contributed by atoms with E-state index in [1.165, 1.54) is 0 Å². The summed E-state index contributed by atoms with van der Waals surface area (Å²) in [5, 5.41) is 2.67. The number of halogens is 1. The highest BCUT2D eigenvalue weighted by Crippen LogP contribution is 2.27. The van der Waals surface area contributed by atoms with Crippen molar-refractivity contribution in [2.24, 2.45) is 0 Å². The molecule has 0 saturated carbocycles. The minimum Gasteiger partial charge on any atom is -0.264 e. The normalized spacial score (nSPS) is 10.8. The first-order chi connectivity index (χ1) is 8.75. The van der Waals surface area contributed by atoms with Gasteiger partial charge in [0.2, 0.25) is 0 Å². The van der Waals surface area contributed by atoms with Crippen LogP contribution in [0.4, 0.5) is 0 Å². The quantitative estimate of drug-likeness (QED) is 0.623. The van der Waals surface area contributed by atoms with E-state index in [1.54, 1.807) is 12.4 Å². The van der Waals surface area contributed by atoms with Crippen molar-refractivity contribution in [2.75, 3.05) is 0 Å². The molecule has 0 aliphatic rings. The summed E-state index contributed by atoms with van der Waals surface area (Å²) < 4.78 is 0. The Morgan fingerprint density at radius 2 is 1.94 bits per heavy atom. The van der Waals surface area contributed by atoms with Crippen molar-refractivity contribution in [3.63, 3.8) is 0 Å². The molecule has 3 aromatic rings. The Labute approximate surface area is 109 Å². The first kappa shape index (κ1) is 11.1. The molecule has 3 nitrogen and oxygen atoms in total. The zero-order valence-electron chi connectivity index (χ0n) is 9.76. The van der Waals surface area contributed by atoms with Crippen LogP contribution in [0, 0.1) is 6.92 Å². The van der Waals surface area contributed by atoms with Crippen LogP contribution >= 0.6 is 11.6 Å². The summed E-state index contributed by atoms with van der Waals surface area (Å²) in [4.78, 5) is 12.6. The molecule has 0 atom stereocenters. The van der Waals surface area contributed by atoms with Crippen LogP contribution in [0.5, 0.6) is 0 Å². The van der Waals surface area contributed by atoms with E-state index < -0.39 is 0 Å². The molecule has 3 aromatic heterocycles. The van der Waals surface area contributed by atoms with Crippen molar-refractivity contribution in [3.05, 3.63) is 53.7 Å². The third kappa shape index (κ3) is 1.83. The van der Waals surface area contributed by atoms with Gasteiger partial charge in [-0.05, 0) is 30.7 Å². The Balaban J connectivity index is 2.27. The summed E-state index contributed by atoms with van der Waals surface area (Å²) in [6.07, 6.45) is 7.17. The van der Waals surface area contributed by atoms with E-state index in [1.807, 2.05) is 37.5 Å². The van der Waals surface area contributed by atoms with Crippen LogP contribution in [0.1, 0.15) is 5.56 Å². The van der Waals surface area contributed by atoms with Crippen molar-refractivity contribution < 1.29 is 0 Å². The van der Waals surface area contributed by atoms with Gasteiger partial charge < -0.3 is 0 Å². The van der Waals surface area contributed by atoms with Crippen molar-refractivity contribution in [1.82, 2.24) is 15.0 Å². The van der Waals surface area contributed by atoms with Gasteiger partial charge in [0.05, 0.1) is 5.69 Å². The van der Waals surface area contributed by atoms with Crippen LogP contribution in [0.3, 0.4) is 0 Å². The molecule has 0 bridgehead atoms. The Kier molecular flexibility index (Phi) is 2.68. The molecule has 0 spiro atoms. The number of rotatable bonds is 1. The number of pyridine rings is 3. The SMILES string of the molecule is Cc1c(-c2ccnc(Cl)c2)ncc2ccncc12. The molecule has 0 aliphatic heterocycles. The highest BCUT2D eigenvalue weighted by Gasteiger charge is 2.08. The molecule has 4 heteroatoms. The second kappa shape index (κ2) is 4.35. The Morgan fingerprint density at radius 3 is 2.78 bits per heavy atom. The van der Waals surface area contributed by atoms with Crippen molar-refractivity contribution in [2.45, 2.75) is 6.92 Å². The summed E-state index contributed by atoms with van der Waals surface area (Å²) >= 11 is 5.91. The smallest absolute Gasteiger partial charge is 0.129 e. The van der Waals surface area contributed by atoms with Gasteiger partial charge in [-0.25, -0.2) is 4.98 Å². The van der Waals surface area contributed by atoms with Crippen LogP contribution in [-0.4, -0.2) is 15.0 Å². The second-order valence-corrected chi connectivity index (χ2v) is 4.45. The van der Waals surface area contributed by atoms with Gasteiger partial charge in [-0.1, -0.05) is 11.6 Å². The van der Waals surface area contributed by atoms with E-state index in [0.29, 0.717) is 5.15 Å². The van der Waals surface area contributed by atoms with Gasteiger partial charge in [0.15, 0.2) is 0 Å². The maximum absolute atomic E-state index is 5.91. The highest BCUT2D eigenvalue weighted by molar-refractivity contribution is 6.29. The summed E-state index contributed by atoms with van der Waals surface area (Å²) in [6, 6.07) is 5.68. The third-order valence-electron chi connectivity index (χ3n) is 2.95. The molecule has 88 valence electrons. The zero-order chi connectivity index (χ0) is 12.5. The lowest BCUT2D eigenvalue weighted by molar-refractivity contribution is 1.26. The van der Waals surface area contributed by atoms with E-state index in [0.717, 1.165) is 27.6 Å². The van der Waals surface area contributed by atoms with Gasteiger partial charge in [0.25, 0.3) is 0 Å². The van der Waals surface area contributed by atoms with Gasteiger partial charge in [0, 0.05) is 41.1 Å². The topological polar surface area (TPSA) is 38.7 Å². The number of aryl methyl sites for hydroxylation is 1. The fourth-order valence-electron chi connectivity index (χ4n) is 2.03. The zero-order valence-corrected chi connectivity index (χ0v) is 10.5. The molecule has 0 saturated heterocycles. The average molecular weight is 256 g/mol. The van der Waals surface area contributed by atoms with Crippen molar-refractivity contribution >= 4 is 22.4 Å². The molecule has 18 heavy (non-hydrogen) atoms. The van der Waals surface area contributed by atoms with E-state index in [-0.39, 0.29) is 0 Å². The molecule has 0 amide bonds. The van der Waals surface area contributed by atoms with Crippen LogP contribution in [0.15, 0.2) is 43.0 Å².